The topological polar surface area (TPSA) is 61.8 Å². The Hall–Kier alpha value is -1.46. The number of hydrogen-bond acceptors (Lipinski definition) is 5. The highest BCUT2D eigenvalue weighted by Gasteiger charge is 2.31. The van der Waals surface area contributed by atoms with E-state index in [9.17, 15) is 9.59 Å². The number of esters is 2. The first-order valence-electron chi connectivity index (χ1n) is 4.45. The van der Waals surface area contributed by atoms with Gasteiger partial charge in [-0.1, -0.05) is 0 Å². The summed E-state index contributed by atoms with van der Waals surface area (Å²) in [5, 5.41) is 0. The van der Waals surface area contributed by atoms with Crippen LogP contribution in [0.4, 0.5) is 0 Å². The quantitative estimate of drug-likeness (QED) is 0.371. The van der Waals surface area contributed by atoms with E-state index in [1.165, 1.54) is 13.8 Å². The Morgan fingerprint density at radius 1 is 1.47 bits per heavy atom. The van der Waals surface area contributed by atoms with Crippen LogP contribution in [0.5, 0.6) is 0 Å². The molecule has 15 heavy (non-hydrogen) atoms. The van der Waals surface area contributed by atoms with E-state index >= 15 is 0 Å². The van der Waals surface area contributed by atoms with Crippen molar-refractivity contribution in [2.75, 3.05) is 0 Å². The zero-order valence-corrected chi connectivity index (χ0v) is 8.56. The first-order chi connectivity index (χ1) is 6.99. The lowest BCUT2D eigenvalue weighted by Gasteiger charge is -2.09. The average molecular weight is 210 g/mol. The molecule has 0 saturated carbocycles. The van der Waals surface area contributed by atoms with Gasteiger partial charge in [0.25, 0.3) is 0 Å². The molecule has 0 aromatic carbocycles. The predicted octanol–water partition coefficient (Wildman–Crippen LogP) is 0.238. The van der Waals surface area contributed by atoms with E-state index in [2.05, 4.69) is 4.74 Å². The SMILES string of the molecule is [B][C@@H]1CC(OC(C)=O)C(=COC(C)=O)O1. The summed E-state index contributed by atoms with van der Waals surface area (Å²) in [6, 6.07) is -0.545. The Morgan fingerprint density at radius 2 is 2.13 bits per heavy atom. The summed E-state index contributed by atoms with van der Waals surface area (Å²) in [5.41, 5.74) is 0. The lowest BCUT2D eigenvalue weighted by atomic mass is 9.96. The summed E-state index contributed by atoms with van der Waals surface area (Å²) in [5.74, 6) is -0.660. The van der Waals surface area contributed by atoms with Crippen molar-refractivity contribution >= 4 is 19.8 Å². The van der Waals surface area contributed by atoms with Gasteiger partial charge in [-0.3, -0.25) is 9.59 Å². The van der Waals surface area contributed by atoms with Gasteiger partial charge >= 0.3 is 11.9 Å². The van der Waals surface area contributed by atoms with Gasteiger partial charge in [0.05, 0.1) is 6.00 Å². The molecule has 1 aliphatic rings. The van der Waals surface area contributed by atoms with Gasteiger partial charge in [-0.25, -0.2) is 0 Å². The maximum Gasteiger partial charge on any atom is 0.307 e. The zero-order chi connectivity index (χ0) is 11.4. The molecule has 2 atom stereocenters. The van der Waals surface area contributed by atoms with Crippen molar-refractivity contribution in [3.05, 3.63) is 12.0 Å². The van der Waals surface area contributed by atoms with E-state index in [1.54, 1.807) is 0 Å². The monoisotopic (exact) mass is 210 g/mol. The summed E-state index contributed by atoms with van der Waals surface area (Å²) in [4.78, 5) is 21.3. The molecule has 0 aromatic rings. The van der Waals surface area contributed by atoms with Gasteiger partial charge in [-0.2, -0.15) is 0 Å². The maximum atomic E-state index is 10.7. The van der Waals surface area contributed by atoms with Gasteiger partial charge in [-0.15, -0.1) is 0 Å². The van der Waals surface area contributed by atoms with E-state index in [0.717, 1.165) is 6.26 Å². The van der Waals surface area contributed by atoms with E-state index < -0.39 is 24.0 Å². The molecule has 1 heterocycles. The highest BCUT2D eigenvalue weighted by atomic mass is 16.6. The second-order valence-electron chi connectivity index (χ2n) is 3.12. The normalized spacial score (nSPS) is 27.2. The second kappa shape index (κ2) is 4.86. The Bertz CT molecular complexity index is 299. The van der Waals surface area contributed by atoms with E-state index in [-0.39, 0.29) is 5.76 Å². The molecule has 0 amide bonds. The molecule has 1 aliphatic heterocycles. The smallest absolute Gasteiger partial charge is 0.307 e. The fourth-order valence-electron chi connectivity index (χ4n) is 1.18. The van der Waals surface area contributed by atoms with Gasteiger partial charge in [0.2, 0.25) is 0 Å². The van der Waals surface area contributed by atoms with Gasteiger partial charge < -0.3 is 14.2 Å². The highest BCUT2D eigenvalue weighted by molar-refractivity contribution is 6.11. The van der Waals surface area contributed by atoms with Crippen LogP contribution in [0.1, 0.15) is 20.3 Å². The van der Waals surface area contributed by atoms with E-state index in [0.29, 0.717) is 6.42 Å². The van der Waals surface area contributed by atoms with E-state index in [4.69, 9.17) is 17.3 Å². The first kappa shape index (κ1) is 11.6. The van der Waals surface area contributed by atoms with Crippen LogP contribution < -0.4 is 0 Å². The van der Waals surface area contributed by atoms with Crippen LogP contribution in [0, 0.1) is 0 Å². The zero-order valence-electron chi connectivity index (χ0n) is 8.56. The number of rotatable bonds is 2. The van der Waals surface area contributed by atoms with E-state index in [1.807, 2.05) is 0 Å². The molecule has 0 bridgehead atoms. The third-order valence-electron chi connectivity index (χ3n) is 1.70. The largest absolute Gasteiger partial charge is 0.498 e. The number of hydrogen-bond donors (Lipinski definition) is 0. The number of carbonyl (C=O) groups is 2. The lowest BCUT2D eigenvalue weighted by molar-refractivity contribution is -0.144. The fraction of sp³-hybridized carbons (Fsp3) is 0.556. The Kier molecular flexibility index (Phi) is 3.77. The van der Waals surface area contributed by atoms with Crippen molar-refractivity contribution in [2.45, 2.75) is 32.4 Å². The molecule has 2 radical (unpaired) electrons. The minimum atomic E-state index is -0.572. The van der Waals surface area contributed by atoms with Crippen molar-refractivity contribution < 1.29 is 23.8 Å². The van der Waals surface area contributed by atoms with Crippen LogP contribution in [0.2, 0.25) is 0 Å². The Balaban J connectivity index is 2.63. The highest BCUT2D eigenvalue weighted by Crippen LogP contribution is 2.25. The third-order valence-corrected chi connectivity index (χ3v) is 1.70. The van der Waals surface area contributed by atoms with Crippen molar-refractivity contribution in [1.82, 2.24) is 0 Å². The minimum Gasteiger partial charge on any atom is -0.498 e. The lowest BCUT2D eigenvalue weighted by Crippen LogP contribution is -2.15. The molecule has 0 aromatic heterocycles. The van der Waals surface area contributed by atoms with Gasteiger partial charge in [0.15, 0.2) is 11.9 Å². The van der Waals surface area contributed by atoms with Gasteiger partial charge in [-0.05, 0) is 0 Å². The summed E-state index contributed by atoms with van der Waals surface area (Å²) >= 11 is 0. The van der Waals surface area contributed by atoms with Crippen LogP contribution in [0.15, 0.2) is 12.0 Å². The molecule has 1 fully saturated rings. The second-order valence-corrected chi connectivity index (χ2v) is 3.12. The minimum absolute atomic E-state index is 0.257. The van der Waals surface area contributed by atoms with Crippen molar-refractivity contribution in [3.8, 4) is 0 Å². The molecule has 0 N–H and O–H groups in total. The average Bonchev–Trinajstić information content (AvgIpc) is 2.41. The molecule has 5 nitrogen and oxygen atoms in total. The molecule has 1 rings (SSSR count). The third kappa shape index (κ3) is 3.65. The molecule has 6 heteroatoms. The molecular formula is C9H11BO5. The van der Waals surface area contributed by atoms with Crippen LogP contribution in [0.3, 0.4) is 0 Å². The van der Waals surface area contributed by atoms with Gasteiger partial charge in [0, 0.05) is 20.3 Å². The van der Waals surface area contributed by atoms with Crippen molar-refractivity contribution in [1.29, 1.82) is 0 Å². The van der Waals surface area contributed by atoms with Crippen LogP contribution in [-0.2, 0) is 23.8 Å². The summed E-state index contributed by atoms with van der Waals surface area (Å²) in [6.07, 6.45) is 0.895. The molecule has 1 unspecified atom stereocenters. The predicted molar refractivity (Wildman–Crippen MR) is 50.6 cm³/mol. The molecule has 0 spiro atoms. The standard InChI is InChI=1S/C9H11BO5/c1-5(11)13-4-8-7(14-6(2)12)3-9(10)15-8/h4,7,9H,3H2,1-2H3/t7?,9-/m0/s1. The van der Waals surface area contributed by atoms with Crippen LogP contribution in [-0.4, -0.2) is 31.9 Å². The summed E-state index contributed by atoms with van der Waals surface area (Å²) in [7, 11) is 5.50. The summed E-state index contributed by atoms with van der Waals surface area (Å²) in [6.45, 7) is 2.54. The van der Waals surface area contributed by atoms with Crippen molar-refractivity contribution in [3.63, 3.8) is 0 Å². The van der Waals surface area contributed by atoms with Crippen LogP contribution in [0.25, 0.3) is 0 Å². The van der Waals surface area contributed by atoms with Crippen molar-refractivity contribution in [2.24, 2.45) is 0 Å². The number of carbonyl (C=O) groups excluding carboxylic acids is 2. The number of ether oxygens (including phenoxy) is 3. The maximum absolute atomic E-state index is 10.7. The van der Waals surface area contributed by atoms with Gasteiger partial charge in [0.1, 0.15) is 14.1 Å². The first-order valence-corrected chi connectivity index (χ1v) is 4.45. The molecule has 80 valence electrons. The molecule has 1 saturated heterocycles. The Labute approximate surface area is 88.8 Å². The Morgan fingerprint density at radius 3 is 2.67 bits per heavy atom. The molecular weight excluding hydrogens is 199 g/mol. The summed E-state index contributed by atoms with van der Waals surface area (Å²) < 4.78 is 14.6. The fourth-order valence-corrected chi connectivity index (χ4v) is 1.18. The molecule has 0 aliphatic carbocycles. The van der Waals surface area contributed by atoms with Crippen LogP contribution >= 0.6 is 0 Å².